The fraction of sp³-hybridized carbons (Fsp3) is 0.474. The Morgan fingerprint density at radius 1 is 1.21 bits per heavy atom. The van der Waals surface area contributed by atoms with Gasteiger partial charge in [0.05, 0.1) is 23.7 Å². The number of benzene rings is 1. The number of hydrogen-bond acceptors (Lipinski definition) is 4. The third kappa shape index (κ3) is 2.30. The maximum absolute atomic E-state index is 5.52. The minimum Gasteiger partial charge on any atom is -0.497 e. The van der Waals surface area contributed by atoms with Gasteiger partial charge in [0.1, 0.15) is 5.75 Å². The van der Waals surface area contributed by atoms with Gasteiger partial charge in [0.15, 0.2) is 5.65 Å². The minimum atomic E-state index is 0.798. The summed E-state index contributed by atoms with van der Waals surface area (Å²) in [6.45, 7) is 8.66. The molecule has 0 bridgehead atoms. The lowest BCUT2D eigenvalue weighted by atomic mass is 9.97. The number of fused-ring (bicyclic) bond motifs is 2. The third-order valence-corrected chi connectivity index (χ3v) is 5.25. The molecule has 0 aliphatic carbocycles. The number of aromatic amines is 1. The molecule has 4 rings (SSSR count). The quantitative estimate of drug-likeness (QED) is 0.775. The van der Waals surface area contributed by atoms with Crippen molar-refractivity contribution in [2.75, 3.05) is 25.1 Å². The molecule has 3 aromatic rings. The summed E-state index contributed by atoms with van der Waals surface area (Å²) < 4.78 is 5.52. The molecule has 1 aliphatic rings. The summed E-state index contributed by atoms with van der Waals surface area (Å²) >= 11 is 0. The predicted octanol–water partition coefficient (Wildman–Crippen LogP) is 3.97. The number of methoxy groups -OCH3 is 1. The first-order valence-corrected chi connectivity index (χ1v) is 8.66. The van der Waals surface area contributed by atoms with Gasteiger partial charge in [-0.25, -0.2) is 4.98 Å². The summed E-state index contributed by atoms with van der Waals surface area (Å²) in [6.07, 6.45) is 2.45. The SMILES string of the molecule is COc1cc(C)c2nc3n[nH]c(C)c3c(N3CCC(C)CC3)c2c1. The van der Waals surface area contributed by atoms with Crippen molar-refractivity contribution < 1.29 is 4.74 Å². The lowest BCUT2D eigenvalue weighted by Crippen LogP contribution is -2.33. The van der Waals surface area contributed by atoms with E-state index in [0.717, 1.165) is 52.6 Å². The molecule has 126 valence electrons. The molecular formula is C19H24N4O. The number of nitrogens with zero attached hydrogens (tertiary/aromatic N) is 3. The van der Waals surface area contributed by atoms with Crippen LogP contribution in [0.5, 0.6) is 5.75 Å². The van der Waals surface area contributed by atoms with Crippen LogP contribution in [0.1, 0.15) is 31.0 Å². The highest BCUT2D eigenvalue weighted by atomic mass is 16.5. The Labute approximate surface area is 142 Å². The molecular weight excluding hydrogens is 300 g/mol. The Morgan fingerprint density at radius 3 is 2.67 bits per heavy atom. The van der Waals surface area contributed by atoms with Crippen molar-refractivity contribution >= 4 is 27.6 Å². The Kier molecular flexibility index (Phi) is 3.59. The number of rotatable bonds is 2. The van der Waals surface area contributed by atoms with Gasteiger partial charge in [-0.3, -0.25) is 5.10 Å². The molecule has 1 aromatic carbocycles. The van der Waals surface area contributed by atoms with Crippen molar-refractivity contribution in [1.29, 1.82) is 0 Å². The van der Waals surface area contributed by atoms with Gasteiger partial charge in [-0.15, -0.1) is 0 Å². The monoisotopic (exact) mass is 324 g/mol. The van der Waals surface area contributed by atoms with Gasteiger partial charge in [0.2, 0.25) is 0 Å². The van der Waals surface area contributed by atoms with E-state index in [-0.39, 0.29) is 0 Å². The molecule has 0 amide bonds. The van der Waals surface area contributed by atoms with Gasteiger partial charge in [-0.05, 0) is 50.3 Å². The molecule has 2 aromatic heterocycles. The summed E-state index contributed by atoms with van der Waals surface area (Å²) in [4.78, 5) is 7.33. The van der Waals surface area contributed by atoms with Crippen LogP contribution in [0.25, 0.3) is 21.9 Å². The summed E-state index contributed by atoms with van der Waals surface area (Å²) in [5.41, 5.74) is 5.28. The molecule has 5 nitrogen and oxygen atoms in total. The van der Waals surface area contributed by atoms with E-state index in [1.165, 1.54) is 23.9 Å². The fourth-order valence-electron chi connectivity index (χ4n) is 3.78. The summed E-state index contributed by atoms with van der Waals surface area (Å²) in [5.74, 6) is 1.68. The summed E-state index contributed by atoms with van der Waals surface area (Å²) in [6, 6.07) is 4.16. The second-order valence-corrected chi connectivity index (χ2v) is 7.02. The van der Waals surface area contributed by atoms with Crippen molar-refractivity contribution in [2.45, 2.75) is 33.6 Å². The number of aromatic nitrogens is 3. The van der Waals surface area contributed by atoms with Crippen LogP contribution in [0.3, 0.4) is 0 Å². The number of ether oxygens (including phenoxy) is 1. The number of pyridine rings is 1. The van der Waals surface area contributed by atoms with E-state index in [1.807, 2.05) is 6.07 Å². The zero-order chi connectivity index (χ0) is 16.8. The average Bonchev–Trinajstić information content (AvgIpc) is 2.95. The number of anilines is 1. The molecule has 3 heterocycles. The average molecular weight is 324 g/mol. The fourth-order valence-corrected chi connectivity index (χ4v) is 3.78. The molecule has 0 saturated carbocycles. The first-order valence-electron chi connectivity index (χ1n) is 8.66. The van der Waals surface area contributed by atoms with E-state index in [2.05, 4.69) is 41.9 Å². The topological polar surface area (TPSA) is 54.0 Å². The lowest BCUT2D eigenvalue weighted by molar-refractivity contribution is 0.415. The molecule has 0 radical (unpaired) electrons. The Morgan fingerprint density at radius 2 is 1.96 bits per heavy atom. The molecule has 0 spiro atoms. The zero-order valence-corrected chi connectivity index (χ0v) is 14.8. The van der Waals surface area contributed by atoms with Gasteiger partial charge in [-0.2, -0.15) is 5.10 Å². The molecule has 1 saturated heterocycles. The van der Waals surface area contributed by atoms with Crippen molar-refractivity contribution in [3.8, 4) is 5.75 Å². The Hall–Kier alpha value is -2.30. The number of H-pyrrole nitrogens is 1. The van der Waals surface area contributed by atoms with Crippen LogP contribution in [0, 0.1) is 19.8 Å². The maximum Gasteiger partial charge on any atom is 0.183 e. The molecule has 24 heavy (non-hydrogen) atoms. The number of piperidine rings is 1. The summed E-state index contributed by atoms with van der Waals surface area (Å²) in [5, 5.41) is 9.85. The minimum absolute atomic E-state index is 0.798. The van der Waals surface area contributed by atoms with Crippen LogP contribution < -0.4 is 9.64 Å². The van der Waals surface area contributed by atoms with Crippen LogP contribution in [0.4, 0.5) is 5.69 Å². The molecule has 0 atom stereocenters. The highest BCUT2D eigenvalue weighted by Gasteiger charge is 2.23. The summed E-state index contributed by atoms with van der Waals surface area (Å²) in [7, 11) is 1.72. The molecule has 0 unspecified atom stereocenters. The van der Waals surface area contributed by atoms with Gasteiger partial charge >= 0.3 is 0 Å². The van der Waals surface area contributed by atoms with E-state index in [4.69, 9.17) is 9.72 Å². The Bertz CT molecular complexity index is 907. The van der Waals surface area contributed by atoms with Crippen LogP contribution in [-0.4, -0.2) is 35.4 Å². The van der Waals surface area contributed by atoms with Crippen LogP contribution in [-0.2, 0) is 0 Å². The highest BCUT2D eigenvalue weighted by Crippen LogP contribution is 2.39. The van der Waals surface area contributed by atoms with Crippen molar-refractivity contribution in [3.05, 3.63) is 23.4 Å². The zero-order valence-electron chi connectivity index (χ0n) is 14.8. The van der Waals surface area contributed by atoms with Crippen LogP contribution >= 0.6 is 0 Å². The first-order chi connectivity index (χ1) is 11.6. The lowest BCUT2D eigenvalue weighted by Gasteiger charge is -2.33. The van der Waals surface area contributed by atoms with E-state index >= 15 is 0 Å². The molecule has 5 heteroatoms. The first kappa shape index (κ1) is 15.2. The highest BCUT2D eigenvalue weighted by molar-refractivity contribution is 6.09. The van der Waals surface area contributed by atoms with E-state index in [0.29, 0.717) is 0 Å². The number of hydrogen-bond donors (Lipinski definition) is 1. The largest absolute Gasteiger partial charge is 0.497 e. The van der Waals surface area contributed by atoms with E-state index < -0.39 is 0 Å². The predicted molar refractivity (Wildman–Crippen MR) is 98.0 cm³/mol. The van der Waals surface area contributed by atoms with Crippen LogP contribution in [0.2, 0.25) is 0 Å². The van der Waals surface area contributed by atoms with Crippen LogP contribution in [0.15, 0.2) is 12.1 Å². The van der Waals surface area contributed by atoms with E-state index in [1.54, 1.807) is 7.11 Å². The third-order valence-electron chi connectivity index (χ3n) is 5.25. The van der Waals surface area contributed by atoms with Gasteiger partial charge in [0.25, 0.3) is 0 Å². The van der Waals surface area contributed by atoms with Crippen molar-refractivity contribution in [2.24, 2.45) is 5.92 Å². The van der Waals surface area contributed by atoms with Gasteiger partial charge in [-0.1, -0.05) is 6.92 Å². The molecule has 1 N–H and O–H groups in total. The molecule has 1 fully saturated rings. The normalized spacial score (nSPS) is 16.2. The standard InChI is InChI=1S/C19H24N4O/c1-11-5-7-23(8-6-11)18-15-10-14(24-4)9-12(2)17(15)20-19-16(18)13(3)21-22-19/h9-11H,5-8H2,1-4H3,(H,20,21,22). The van der Waals surface area contributed by atoms with Gasteiger partial charge in [0, 0.05) is 24.2 Å². The van der Waals surface area contributed by atoms with Crippen molar-refractivity contribution in [3.63, 3.8) is 0 Å². The van der Waals surface area contributed by atoms with E-state index in [9.17, 15) is 0 Å². The molecule has 1 aliphatic heterocycles. The Balaban J connectivity index is 2.04. The second-order valence-electron chi connectivity index (χ2n) is 7.02. The number of aryl methyl sites for hydroxylation is 2. The number of nitrogens with one attached hydrogen (secondary N) is 1. The maximum atomic E-state index is 5.52. The second kappa shape index (κ2) is 5.65. The smallest absolute Gasteiger partial charge is 0.183 e. The van der Waals surface area contributed by atoms with Gasteiger partial charge < -0.3 is 9.64 Å². The van der Waals surface area contributed by atoms with Crippen molar-refractivity contribution in [1.82, 2.24) is 15.2 Å².